The van der Waals surface area contributed by atoms with Crippen molar-refractivity contribution in [2.24, 2.45) is 0 Å². The molecule has 3 rings (SSSR count). The van der Waals surface area contributed by atoms with Crippen molar-refractivity contribution in [1.82, 2.24) is 0 Å². The highest BCUT2D eigenvalue weighted by Gasteiger charge is 1.85. The quantitative estimate of drug-likeness (QED) is 0.169. The molecule has 0 heterocycles. The zero-order valence-electron chi connectivity index (χ0n) is 35.2. The summed E-state index contributed by atoms with van der Waals surface area (Å²) in [6, 6.07) is 25.1. The highest BCUT2D eigenvalue weighted by molar-refractivity contribution is 5.24. The van der Waals surface area contributed by atoms with Crippen molar-refractivity contribution in [2.75, 3.05) is 0 Å². The number of aryl methyl sites for hydroxylation is 6. The average Bonchev–Trinajstić information content (AvgIpc) is 3.10. The number of benzene rings is 3. The zero-order chi connectivity index (χ0) is 37.3. The minimum atomic E-state index is 1.36. The fraction of sp³-hybridized carbons (Fsp3) is 0.625. The molecule has 0 aliphatic heterocycles. The van der Waals surface area contributed by atoms with Gasteiger partial charge in [0, 0.05) is 0 Å². The van der Waals surface area contributed by atoms with Crippen LogP contribution in [-0.4, -0.2) is 0 Å². The van der Waals surface area contributed by atoms with Crippen LogP contribution in [0.2, 0.25) is 0 Å². The first kappa shape index (κ1) is 52.5. The van der Waals surface area contributed by atoms with E-state index >= 15 is 0 Å². The molecular formula is C48H86. The second-order valence-corrected chi connectivity index (χ2v) is 13.1. The largest absolute Gasteiger partial charge is 0.0654 e. The Morgan fingerprint density at radius 2 is 0.333 bits per heavy atom. The topological polar surface area (TPSA) is 0 Å². The van der Waals surface area contributed by atoms with Crippen LogP contribution in [-0.2, 0) is 0 Å². The van der Waals surface area contributed by atoms with Gasteiger partial charge in [0.15, 0.2) is 0 Å². The molecule has 0 amide bonds. The van der Waals surface area contributed by atoms with Gasteiger partial charge in [-0.2, -0.15) is 0 Å². The molecule has 0 N–H and O–H groups in total. The molecule has 0 saturated carbocycles. The van der Waals surface area contributed by atoms with Crippen LogP contribution >= 0.6 is 0 Å². The molecule has 0 nitrogen and oxygen atoms in total. The van der Waals surface area contributed by atoms with Gasteiger partial charge in [0.25, 0.3) is 0 Å². The number of hydrogen-bond donors (Lipinski definition) is 0. The highest BCUT2D eigenvalue weighted by Crippen LogP contribution is 2.04. The van der Waals surface area contributed by atoms with Gasteiger partial charge in [0.1, 0.15) is 0 Å². The van der Waals surface area contributed by atoms with Gasteiger partial charge in [-0.15, -0.1) is 0 Å². The molecule has 0 unspecified atom stereocenters. The van der Waals surface area contributed by atoms with Crippen LogP contribution in [0.15, 0.2) is 72.8 Å². The fourth-order valence-corrected chi connectivity index (χ4v) is 3.99. The Morgan fingerprint density at radius 3 is 0.396 bits per heavy atom. The molecule has 48 heavy (non-hydrogen) atoms. The van der Waals surface area contributed by atoms with Crippen LogP contribution in [0.5, 0.6) is 0 Å². The van der Waals surface area contributed by atoms with E-state index < -0.39 is 0 Å². The van der Waals surface area contributed by atoms with Crippen LogP contribution in [0.3, 0.4) is 0 Å². The lowest BCUT2D eigenvalue weighted by atomic mass is 10.1. The van der Waals surface area contributed by atoms with Crippen molar-refractivity contribution in [3.05, 3.63) is 106 Å². The molecule has 0 atom stereocenters. The summed E-state index contributed by atoms with van der Waals surface area (Å²) in [5.74, 6) is 0. The van der Waals surface area contributed by atoms with Gasteiger partial charge in [-0.05, 0) is 74.9 Å². The maximum atomic E-state index is 2.23. The second-order valence-electron chi connectivity index (χ2n) is 13.1. The lowest BCUT2D eigenvalue weighted by Crippen LogP contribution is -1.74. The van der Waals surface area contributed by atoms with Crippen LogP contribution < -0.4 is 0 Å². The Bertz CT molecular complexity index is 768. The molecular weight excluding hydrogens is 577 g/mol. The molecule has 0 fully saturated rings. The van der Waals surface area contributed by atoms with E-state index in [1.165, 1.54) is 136 Å². The Kier molecular flexibility index (Phi) is 48.8. The van der Waals surface area contributed by atoms with Gasteiger partial charge in [0.2, 0.25) is 0 Å². The number of rotatable bonds is 12. The minimum Gasteiger partial charge on any atom is -0.0654 e. The third kappa shape index (κ3) is 43.7. The maximum absolute atomic E-state index is 2.23. The van der Waals surface area contributed by atoms with Gasteiger partial charge in [0.05, 0.1) is 0 Å². The molecule has 278 valence electrons. The molecule has 0 aliphatic rings. The Hall–Kier alpha value is -2.34. The van der Waals surface area contributed by atoms with Gasteiger partial charge >= 0.3 is 0 Å². The van der Waals surface area contributed by atoms with Crippen molar-refractivity contribution in [3.63, 3.8) is 0 Å². The molecule has 3 aromatic carbocycles. The van der Waals surface area contributed by atoms with Crippen LogP contribution in [0.25, 0.3) is 0 Å². The van der Waals surface area contributed by atoms with E-state index in [0.29, 0.717) is 0 Å². The van der Waals surface area contributed by atoms with E-state index in [1.54, 1.807) is 0 Å². The summed E-state index contributed by atoms with van der Waals surface area (Å²) in [5.41, 5.74) is 8.21. The molecule has 3 aromatic rings. The van der Waals surface area contributed by atoms with Crippen molar-refractivity contribution >= 4 is 0 Å². The van der Waals surface area contributed by atoms with Gasteiger partial charge in [-0.1, -0.05) is 231 Å². The first-order chi connectivity index (χ1) is 23.1. The molecule has 0 heteroatoms. The van der Waals surface area contributed by atoms with Gasteiger partial charge in [-0.3, -0.25) is 0 Å². The lowest BCUT2D eigenvalue weighted by molar-refractivity contribution is 0.702. The maximum Gasteiger partial charge on any atom is -0.0395 e. The van der Waals surface area contributed by atoms with Crippen molar-refractivity contribution in [1.29, 1.82) is 0 Å². The smallest absolute Gasteiger partial charge is 0.0395 e. The van der Waals surface area contributed by atoms with E-state index in [4.69, 9.17) is 0 Å². The monoisotopic (exact) mass is 663 g/mol. The van der Waals surface area contributed by atoms with Crippen molar-refractivity contribution in [2.45, 2.75) is 200 Å². The standard InChI is InChI=1S/3C8H10.4C6H14/c3*1-7-5-3-4-6-8(7)2;4*1-3-5-6-4-2/h3*3-6H,1-2H3;4*3-6H2,1-2H3. The van der Waals surface area contributed by atoms with Gasteiger partial charge < -0.3 is 0 Å². The molecule has 0 aliphatic carbocycles. The predicted octanol–water partition coefficient (Wildman–Crippen LogP) is 17.3. The summed E-state index contributed by atoms with van der Waals surface area (Å²) in [7, 11) is 0. The van der Waals surface area contributed by atoms with E-state index in [-0.39, 0.29) is 0 Å². The summed E-state index contributed by atoms with van der Waals surface area (Å²) in [6.07, 6.45) is 22.1. The van der Waals surface area contributed by atoms with Crippen LogP contribution in [0.1, 0.15) is 192 Å². The van der Waals surface area contributed by atoms with Crippen LogP contribution in [0, 0.1) is 41.5 Å². The first-order valence-corrected chi connectivity index (χ1v) is 20.1. The Balaban J connectivity index is -0.000000237. The Labute approximate surface area is 305 Å². The predicted molar refractivity (Wildman–Crippen MR) is 227 cm³/mol. The molecule has 0 radical (unpaired) electrons. The summed E-state index contributed by atoms with van der Waals surface area (Å²) in [4.78, 5) is 0. The third-order valence-corrected chi connectivity index (χ3v) is 8.11. The van der Waals surface area contributed by atoms with Gasteiger partial charge in [-0.25, -0.2) is 0 Å². The average molecular weight is 663 g/mol. The number of hydrogen-bond acceptors (Lipinski definition) is 0. The van der Waals surface area contributed by atoms with Crippen molar-refractivity contribution < 1.29 is 0 Å². The third-order valence-electron chi connectivity index (χ3n) is 8.11. The molecule has 0 aromatic heterocycles. The Morgan fingerprint density at radius 1 is 0.229 bits per heavy atom. The summed E-state index contributed by atoms with van der Waals surface area (Å²) in [5, 5.41) is 0. The summed E-state index contributed by atoms with van der Waals surface area (Å²) < 4.78 is 0. The zero-order valence-corrected chi connectivity index (χ0v) is 35.2. The van der Waals surface area contributed by atoms with E-state index in [2.05, 4.69) is 170 Å². The second kappa shape index (κ2) is 44.7. The van der Waals surface area contributed by atoms with E-state index in [0.717, 1.165) is 0 Å². The first-order valence-electron chi connectivity index (χ1n) is 20.1. The normalized spacial score (nSPS) is 9.12. The summed E-state index contributed by atoms with van der Waals surface area (Å²) >= 11 is 0. The molecule has 0 spiro atoms. The lowest BCUT2D eigenvalue weighted by Gasteiger charge is -1.93. The van der Waals surface area contributed by atoms with Crippen molar-refractivity contribution in [3.8, 4) is 0 Å². The fourth-order valence-electron chi connectivity index (χ4n) is 3.99. The SMILES string of the molecule is CCCCCC.CCCCCC.CCCCCC.CCCCCC.Cc1ccccc1C.Cc1ccccc1C.Cc1ccccc1C. The minimum absolute atomic E-state index is 1.36. The highest BCUT2D eigenvalue weighted by atomic mass is 13.9. The van der Waals surface area contributed by atoms with E-state index in [9.17, 15) is 0 Å². The van der Waals surface area contributed by atoms with Crippen LogP contribution in [0.4, 0.5) is 0 Å². The molecule has 0 saturated heterocycles. The van der Waals surface area contributed by atoms with E-state index in [1.807, 2.05) is 0 Å². The molecule has 0 bridgehead atoms. The number of unbranched alkanes of at least 4 members (excludes halogenated alkanes) is 12. The summed E-state index contributed by atoms with van der Waals surface area (Å²) in [6.45, 7) is 30.6.